The van der Waals surface area contributed by atoms with Crippen LogP contribution in [-0.2, 0) is 4.79 Å². The van der Waals surface area contributed by atoms with Gasteiger partial charge in [-0.05, 0) is 49.5 Å². The molecule has 0 aliphatic heterocycles. The lowest BCUT2D eigenvalue weighted by Gasteiger charge is -2.18. The molecular weight excluding hydrogens is 322 g/mol. The summed E-state index contributed by atoms with van der Waals surface area (Å²) >= 11 is 0. The Labute approximate surface area is 153 Å². The Balaban J connectivity index is 1.47. The summed E-state index contributed by atoms with van der Waals surface area (Å²) in [7, 11) is 0. The first-order chi connectivity index (χ1) is 12.7. The van der Waals surface area contributed by atoms with Crippen molar-refractivity contribution in [3.8, 4) is 0 Å². The van der Waals surface area contributed by atoms with Crippen LogP contribution in [0.3, 0.4) is 0 Å². The van der Waals surface area contributed by atoms with Crippen LogP contribution in [0.1, 0.15) is 35.7 Å². The van der Waals surface area contributed by atoms with E-state index in [4.69, 9.17) is 0 Å². The van der Waals surface area contributed by atoms with Crippen LogP contribution in [0.5, 0.6) is 0 Å². The van der Waals surface area contributed by atoms with Crippen LogP contribution in [0, 0.1) is 12.8 Å². The number of nitrogens with zero attached hydrogens (tertiary/aromatic N) is 2. The maximum Gasteiger partial charge on any atom is 0.244 e. The number of hydrogen-bond donors (Lipinski definition) is 1. The Morgan fingerprint density at radius 1 is 1.12 bits per heavy atom. The second-order valence-corrected chi connectivity index (χ2v) is 6.85. The fourth-order valence-corrected chi connectivity index (χ4v) is 3.09. The van der Waals surface area contributed by atoms with Gasteiger partial charge in [0.15, 0.2) is 0 Å². The van der Waals surface area contributed by atoms with Gasteiger partial charge in [-0.25, -0.2) is 4.98 Å². The Morgan fingerprint density at radius 3 is 2.58 bits per heavy atom. The fourth-order valence-electron chi connectivity index (χ4n) is 3.09. The molecule has 1 aromatic heterocycles. The molecule has 1 unspecified atom stereocenters. The van der Waals surface area contributed by atoms with E-state index in [1.807, 2.05) is 24.3 Å². The molecule has 130 valence electrons. The van der Waals surface area contributed by atoms with Gasteiger partial charge in [0.2, 0.25) is 5.91 Å². The summed E-state index contributed by atoms with van der Waals surface area (Å²) in [5, 5.41) is 3.15. The van der Waals surface area contributed by atoms with E-state index in [2.05, 4.69) is 46.5 Å². The van der Waals surface area contributed by atoms with Gasteiger partial charge < -0.3 is 5.32 Å². The fraction of sp³-hybridized carbons (Fsp3) is 0.227. The van der Waals surface area contributed by atoms with E-state index in [1.54, 1.807) is 18.3 Å². The smallest absolute Gasteiger partial charge is 0.244 e. The third-order valence-corrected chi connectivity index (χ3v) is 4.70. The normalized spacial score (nSPS) is 15.3. The number of rotatable bonds is 5. The minimum atomic E-state index is -0.0996. The number of amides is 1. The number of aromatic nitrogens is 2. The summed E-state index contributed by atoms with van der Waals surface area (Å²) in [6.07, 6.45) is 7.28. The van der Waals surface area contributed by atoms with Gasteiger partial charge in [0.05, 0.1) is 29.0 Å². The number of fused-ring (bicyclic) bond motifs is 1. The van der Waals surface area contributed by atoms with Crippen molar-refractivity contribution < 1.29 is 4.79 Å². The Hall–Kier alpha value is -3.01. The average molecular weight is 343 g/mol. The van der Waals surface area contributed by atoms with Crippen molar-refractivity contribution in [1.82, 2.24) is 15.3 Å². The third-order valence-electron chi connectivity index (χ3n) is 4.70. The highest BCUT2D eigenvalue weighted by Gasteiger charge is 2.32. The molecule has 4 nitrogen and oxygen atoms in total. The first kappa shape index (κ1) is 16.5. The molecule has 2 aromatic carbocycles. The van der Waals surface area contributed by atoms with Crippen molar-refractivity contribution in [3.05, 3.63) is 77.6 Å². The van der Waals surface area contributed by atoms with Crippen molar-refractivity contribution >= 4 is 23.0 Å². The molecule has 4 heteroatoms. The van der Waals surface area contributed by atoms with Crippen molar-refractivity contribution in [3.63, 3.8) is 0 Å². The van der Waals surface area contributed by atoms with Crippen LogP contribution in [-0.4, -0.2) is 15.9 Å². The van der Waals surface area contributed by atoms with E-state index < -0.39 is 0 Å². The Kier molecular flexibility index (Phi) is 4.48. The zero-order valence-electron chi connectivity index (χ0n) is 14.7. The Morgan fingerprint density at radius 2 is 1.85 bits per heavy atom. The highest BCUT2D eigenvalue weighted by molar-refractivity contribution is 5.92. The van der Waals surface area contributed by atoms with Crippen LogP contribution in [0.15, 0.2) is 60.8 Å². The number of para-hydroxylation sites is 2. The predicted octanol–water partition coefficient (Wildman–Crippen LogP) is 4.22. The summed E-state index contributed by atoms with van der Waals surface area (Å²) in [5.74, 6) is 0.438. The first-order valence-corrected chi connectivity index (χ1v) is 8.96. The summed E-state index contributed by atoms with van der Waals surface area (Å²) < 4.78 is 0. The number of carbonyl (C=O) groups is 1. The average Bonchev–Trinajstić information content (AvgIpc) is 3.50. The number of carbonyl (C=O) groups excluding carboxylic acids is 1. The zero-order valence-corrected chi connectivity index (χ0v) is 14.7. The number of hydrogen-bond acceptors (Lipinski definition) is 3. The molecule has 1 atom stereocenters. The molecule has 1 heterocycles. The van der Waals surface area contributed by atoms with Gasteiger partial charge in [0.1, 0.15) is 0 Å². The van der Waals surface area contributed by atoms with Gasteiger partial charge in [0, 0.05) is 6.08 Å². The van der Waals surface area contributed by atoms with Crippen molar-refractivity contribution in [2.75, 3.05) is 0 Å². The SMILES string of the molecule is Cc1ccc(C(NC(=O)/C=C/c2cnc3ccccc3n2)C2CC2)cc1. The lowest BCUT2D eigenvalue weighted by molar-refractivity contribution is -0.117. The van der Waals surface area contributed by atoms with E-state index in [0.29, 0.717) is 11.6 Å². The topological polar surface area (TPSA) is 54.9 Å². The molecule has 0 bridgehead atoms. The summed E-state index contributed by atoms with van der Waals surface area (Å²) in [4.78, 5) is 21.3. The Bertz CT molecular complexity index is 959. The van der Waals surface area contributed by atoms with Gasteiger partial charge in [-0.1, -0.05) is 42.0 Å². The molecule has 4 rings (SSSR count). The van der Waals surface area contributed by atoms with Crippen LogP contribution in [0.4, 0.5) is 0 Å². The van der Waals surface area contributed by atoms with Crippen molar-refractivity contribution in [2.24, 2.45) is 5.92 Å². The maximum atomic E-state index is 12.4. The number of nitrogens with one attached hydrogen (secondary N) is 1. The van der Waals surface area contributed by atoms with Crippen LogP contribution >= 0.6 is 0 Å². The zero-order chi connectivity index (χ0) is 17.9. The predicted molar refractivity (Wildman–Crippen MR) is 103 cm³/mol. The molecule has 1 amide bonds. The second kappa shape index (κ2) is 7.08. The standard InChI is InChI=1S/C22H21N3O/c1-15-6-8-16(9-7-15)22(17-10-11-17)25-21(26)13-12-18-14-23-19-4-2-3-5-20(19)24-18/h2-9,12-14,17,22H,10-11H2,1H3,(H,25,26)/b13-12+. The molecule has 0 spiro atoms. The van der Waals surface area contributed by atoms with Crippen molar-refractivity contribution in [2.45, 2.75) is 25.8 Å². The summed E-state index contributed by atoms with van der Waals surface area (Å²) in [6.45, 7) is 2.07. The molecule has 1 saturated carbocycles. The second-order valence-electron chi connectivity index (χ2n) is 6.85. The van der Waals surface area contributed by atoms with E-state index >= 15 is 0 Å². The van der Waals surface area contributed by atoms with Gasteiger partial charge in [-0.2, -0.15) is 0 Å². The lowest BCUT2D eigenvalue weighted by atomic mass is 10.0. The molecule has 1 aliphatic carbocycles. The minimum Gasteiger partial charge on any atom is -0.345 e. The van der Waals surface area contributed by atoms with Crippen LogP contribution < -0.4 is 5.32 Å². The van der Waals surface area contributed by atoms with E-state index in [1.165, 1.54) is 24.0 Å². The number of benzene rings is 2. The molecule has 3 aromatic rings. The van der Waals surface area contributed by atoms with Gasteiger partial charge in [-0.3, -0.25) is 9.78 Å². The first-order valence-electron chi connectivity index (χ1n) is 8.96. The van der Waals surface area contributed by atoms with Gasteiger partial charge in [-0.15, -0.1) is 0 Å². The van der Waals surface area contributed by atoms with E-state index in [9.17, 15) is 4.79 Å². The molecule has 0 radical (unpaired) electrons. The van der Waals surface area contributed by atoms with E-state index in [-0.39, 0.29) is 11.9 Å². The van der Waals surface area contributed by atoms with Crippen molar-refractivity contribution in [1.29, 1.82) is 0 Å². The monoisotopic (exact) mass is 343 g/mol. The molecular formula is C22H21N3O. The van der Waals surface area contributed by atoms with Crippen LogP contribution in [0.2, 0.25) is 0 Å². The largest absolute Gasteiger partial charge is 0.345 e. The quantitative estimate of drug-likeness (QED) is 0.706. The minimum absolute atomic E-state index is 0.0791. The third kappa shape index (κ3) is 3.80. The highest BCUT2D eigenvalue weighted by Crippen LogP contribution is 2.41. The molecule has 1 aliphatic rings. The molecule has 0 saturated heterocycles. The van der Waals surface area contributed by atoms with Crippen LogP contribution in [0.25, 0.3) is 17.1 Å². The molecule has 1 N–H and O–H groups in total. The molecule has 26 heavy (non-hydrogen) atoms. The van der Waals surface area contributed by atoms with E-state index in [0.717, 1.165) is 11.0 Å². The van der Waals surface area contributed by atoms with Gasteiger partial charge in [0.25, 0.3) is 0 Å². The lowest BCUT2D eigenvalue weighted by Crippen LogP contribution is -2.28. The van der Waals surface area contributed by atoms with Gasteiger partial charge >= 0.3 is 0 Å². The highest BCUT2D eigenvalue weighted by atomic mass is 16.1. The molecule has 1 fully saturated rings. The number of aryl methyl sites for hydroxylation is 1. The summed E-state index contributed by atoms with van der Waals surface area (Å²) in [5.41, 5.74) is 4.75. The maximum absolute atomic E-state index is 12.4. The summed E-state index contributed by atoms with van der Waals surface area (Å²) in [6, 6.07) is 16.2.